The molecule has 1 aromatic heterocycles. The molecule has 3 aromatic rings. The Labute approximate surface area is 228 Å². The van der Waals surface area contributed by atoms with Gasteiger partial charge in [0.25, 0.3) is 11.5 Å². The number of nitrogens with zero attached hydrogens (tertiary/aromatic N) is 1. The van der Waals surface area contributed by atoms with E-state index in [2.05, 4.69) is 5.32 Å². The van der Waals surface area contributed by atoms with E-state index in [1.54, 1.807) is 38.3 Å². The molecule has 0 fully saturated rings. The van der Waals surface area contributed by atoms with Crippen molar-refractivity contribution in [3.05, 3.63) is 92.9 Å². The molecule has 8 nitrogen and oxygen atoms in total. The lowest BCUT2D eigenvalue weighted by atomic mass is 9.75. The number of benzene rings is 2. The lowest BCUT2D eigenvalue weighted by molar-refractivity contribution is -0.143. The minimum absolute atomic E-state index is 0.104. The molecule has 4 rings (SSSR count). The van der Waals surface area contributed by atoms with Crippen molar-refractivity contribution in [3.63, 3.8) is 0 Å². The summed E-state index contributed by atoms with van der Waals surface area (Å²) in [7, 11) is 1.55. The monoisotopic (exact) mass is 530 g/mol. The van der Waals surface area contributed by atoms with Gasteiger partial charge in [0.15, 0.2) is 5.78 Å². The van der Waals surface area contributed by atoms with E-state index < -0.39 is 23.5 Å². The summed E-state index contributed by atoms with van der Waals surface area (Å²) in [5, 5.41) is 2.85. The normalized spacial score (nSPS) is 14.7. The van der Waals surface area contributed by atoms with Crippen molar-refractivity contribution in [3.8, 4) is 11.4 Å². The zero-order valence-corrected chi connectivity index (χ0v) is 23.0. The molecule has 2 aromatic carbocycles. The molecule has 0 saturated carbocycles. The molecule has 0 aliphatic heterocycles. The Balaban J connectivity index is 1.81. The second-order valence-electron chi connectivity index (χ2n) is 10.6. The Bertz CT molecular complexity index is 1450. The first-order chi connectivity index (χ1) is 18.5. The smallest absolute Gasteiger partial charge is 0.308 e. The van der Waals surface area contributed by atoms with E-state index in [-0.39, 0.29) is 29.8 Å². The molecule has 1 amide bonds. The third-order valence-electron chi connectivity index (χ3n) is 6.92. The van der Waals surface area contributed by atoms with Gasteiger partial charge in [0.1, 0.15) is 11.3 Å². The van der Waals surface area contributed by atoms with E-state index in [9.17, 15) is 19.2 Å². The number of carbonyl (C=O) groups excluding carboxylic acids is 3. The van der Waals surface area contributed by atoms with Gasteiger partial charge in [-0.15, -0.1) is 0 Å². The number of amides is 1. The Morgan fingerprint density at radius 2 is 1.69 bits per heavy atom. The van der Waals surface area contributed by atoms with Crippen molar-refractivity contribution >= 4 is 17.7 Å². The molecular weight excluding hydrogens is 496 g/mol. The van der Waals surface area contributed by atoms with Gasteiger partial charge in [-0.1, -0.05) is 43.7 Å². The molecule has 39 heavy (non-hydrogen) atoms. The fourth-order valence-corrected chi connectivity index (χ4v) is 4.95. The van der Waals surface area contributed by atoms with Crippen molar-refractivity contribution in [2.24, 2.45) is 5.41 Å². The van der Waals surface area contributed by atoms with Gasteiger partial charge in [0.05, 0.1) is 26.2 Å². The molecule has 0 spiro atoms. The Kier molecular flexibility index (Phi) is 8.04. The quantitative estimate of drug-likeness (QED) is 0.422. The van der Waals surface area contributed by atoms with Crippen molar-refractivity contribution < 1.29 is 23.9 Å². The largest absolute Gasteiger partial charge is 0.497 e. The number of carbonyl (C=O) groups is 3. The zero-order valence-electron chi connectivity index (χ0n) is 23.0. The minimum atomic E-state index is -0.725. The van der Waals surface area contributed by atoms with Gasteiger partial charge in [0, 0.05) is 23.4 Å². The third kappa shape index (κ3) is 6.11. The number of rotatable bonds is 8. The lowest BCUT2D eigenvalue weighted by Crippen LogP contribution is -2.40. The van der Waals surface area contributed by atoms with Gasteiger partial charge in [0.2, 0.25) is 0 Å². The van der Waals surface area contributed by atoms with E-state index >= 15 is 0 Å². The van der Waals surface area contributed by atoms with Crippen molar-refractivity contribution in [1.82, 2.24) is 9.88 Å². The highest BCUT2D eigenvalue weighted by Gasteiger charge is 2.35. The summed E-state index contributed by atoms with van der Waals surface area (Å²) in [5.41, 5.74) is 2.13. The maximum Gasteiger partial charge on any atom is 0.308 e. The van der Waals surface area contributed by atoms with Gasteiger partial charge >= 0.3 is 5.97 Å². The number of nitrogens with one attached hydrogen (secondary N) is 1. The number of fused-ring (bicyclic) bond motifs is 1. The minimum Gasteiger partial charge on any atom is -0.497 e. The predicted octanol–water partition coefficient (Wildman–Crippen LogP) is 4.73. The summed E-state index contributed by atoms with van der Waals surface area (Å²) in [4.78, 5) is 53.2. The second kappa shape index (κ2) is 11.3. The average Bonchev–Trinajstić information content (AvgIpc) is 2.88. The van der Waals surface area contributed by atoms with Crippen LogP contribution < -0.4 is 15.6 Å². The van der Waals surface area contributed by atoms with Crippen molar-refractivity contribution in [1.29, 1.82) is 0 Å². The standard InChI is InChI=1S/C31H34N2O6/c1-6-39-28(35)16-25(20-9-7-19(2)8-10-20)32-29(36)24-15-23-26(17-31(3,4)18-27(23)34)33(30(24)37)21-11-13-22(38-5)14-12-21/h7-15,25H,6,16-18H2,1-5H3,(H,32,36)/t25-/m1/s1. The predicted molar refractivity (Wildman–Crippen MR) is 148 cm³/mol. The number of aromatic nitrogens is 1. The topological polar surface area (TPSA) is 104 Å². The summed E-state index contributed by atoms with van der Waals surface area (Å²) < 4.78 is 11.8. The second-order valence-corrected chi connectivity index (χ2v) is 10.6. The van der Waals surface area contributed by atoms with Crippen LogP contribution in [0.4, 0.5) is 0 Å². The Morgan fingerprint density at radius 3 is 2.31 bits per heavy atom. The van der Waals surface area contributed by atoms with Crippen LogP contribution in [0.15, 0.2) is 59.4 Å². The third-order valence-corrected chi connectivity index (χ3v) is 6.92. The lowest BCUT2D eigenvalue weighted by Gasteiger charge is -2.32. The van der Waals surface area contributed by atoms with Crippen LogP contribution in [0.25, 0.3) is 5.69 Å². The number of pyridine rings is 1. The van der Waals surface area contributed by atoms with E-state index in [0.717, 1.165) is 5.56 Å². The molecule has 204 valence electrons. The maximum atomic E-state index is 13.9. The van der Waals surface area contributed by atoms with Crippen LogP contribution in [-0.4, -0.2) is 35.9 Å². The number of hydrogen-bond donors (Lipinski definition) is 1. The molecule has 8 heteroatoms. The van der Waals surface area contributed by atoms with Gasteiger partial charge in [-0.2, -0.15) is 0 Å². The highest BCUT2D eigenvalue weighted by atomic mass is 16.5. The number of aryl methyl sites for hydroxylation is 1. The van der Waals surface area contributed by atoms with Crippen LogP contribution in [0, 0.1) is 12.3 Å². The molecule has 1 aliphatic carbocycles. The summed E-state index contributed by atoms with van der Waals surface area (Å²) in [6.07, 6.45) is 0.691. The van der Waals surface area contributed by atoms with E-state index in [4.69, 9.17) is 9.47 Å². The summed E-state index contributed by atoms with van der Waals surface area (Å²) >= 11 is 0. The Hall–Kier alpha value is -4.20. The Morgan fingerprint density at radius 1 is 1.03 bits per heavy atom. The maximum absolute atomic E-state index is 13.9. The molecule has 1 N–H and O–H groups in total. The van der Waals surface area contributed by atoms with E-state index in [1.165, 1.54) is 10.6 Å². The highest BCUT2D eigenvalue weighted by Crippen LogP contribution is 2.35. The summed E-state index contributed by atoms with van der Waals surface area (Å²) in [5.74, 6) is -0.649. The van der Waals surface area contributed by atoms with E-state index in [1.807, 2.05) is 45.0 Å². The molecule has 0 saturated heterocycles. The average molecular weight is 531 g/mol. The van der Waals surface area contributed by atoms with Crippen molar-refractivity contribution in [2.75, 3.05) is 13.7 Å². The molecule has 0 bridgehead atoms. The van der Waals surface area contributed by atoms with Crippen LogP contribution in [0.5, 0.6) is 5.75 Å². The van der Waals surface area contributed by atoms with Crippen LogP contribution in [0.1, 0.15) is 77.2 Å². The van der Waals surface area contributed by atoms with Crippen LogP contribution in [0.3, 0.4) is 0 Å². The first-order valence-electron chi connectivity index (χ1n) is 13.0. The number of Topliss-reactive ketones (excluding diaryl/α,β-unsaturated/α-hetero) is 1. The molecule has 0 radical (unpaired) electrons. The number of esters is 1. The summed E-state index contributed by atoms with van der Waals surface area (Å²) in [6, 6.07) is 15.0. The number of hydrogen-bond acceptors (Lipinski definition) is 6. The molecule has 1 aliphatic rings. The fraction of sp³-hybridized carbons (Fsp3) is 0.355. The zero-order chi connectivity index (χ0) is 28.3. The van der Waals surface area contributed by atoms with Gasteiger partial charge in [-0.25, -0.2) is 0 Å². The number of ether oxygens (including phenoxy) is 2. The van der Waals surface area contributed by atoms with Crippen LogP contribution >= 0.6 is 0 Å². The van der Waals surface area contributed by atoms with Crippen LogP contribution in [-0.2, 0) is 16.0 Å². The van der Waals surface area contributed by atoms with Gasteiger partial charge in [-0.05, 0) is 61.6 Å². The molecule has 1 atom stereocenters. The van der Waals surface area contributed by atoms with Crippen LogP contribution in [0.2, 0.25) is 0 Å². The first kappa shape index (κ1) is 27.8. The van der Waals surface area contributed by atoms with Crippen molar-refractivity contribution in [2.45, 2.75) is 53.0 Å². The van der Waals surface area contributed by atoms with E-state index in [0.29, 0.717) is 41.1 Å². The molecular formula is C31H34N2O6. The number of methoxy groups -OCH3 is 1. The summed E-state index contributed by atoms with van der Waals surface area (Å²) in [6.45, 7) is 7.83. The molecule has 1 heterocycles. The van der Waals surface area contributed by atoms with Gasteiger partial charge in [-0.3, -0.25) is 23.7 Å². The number of ketones is 1. The van der Waals surface area contributed by atoms with Gasteiger partial charge < -0.3 is 14.8 Å². The SMILES string of the molecule is CCOC(=O)C[C@@H](NC(=O)c1cc2c(n(-c3ccc(OC)cc3)c1=O)CC(C)(C)CC2=O)c1ccc(C)cc1. The fourth-order valence-electron chi connectivity index (χ4n) is 4.95. The first-order valence-corrected chi connectivity index (χ1v) is 13.0. The highest BCUT2D eigenvalue weighted by molar-refractivity contribution is 6.02. The molecule has 0 unspecified atom stereocenters.